The molecule has 6 heteroatoms. The first-order valence-electron chi connectivity index (χ1n) is 8.37. The van der Waals surface area contributed by atoms with E-state index in [-0.39, 0.29) is 5.91 Å². The van der Waals surface area contributed by atoms with Gasteiger partial charge in [-0.3, -0.25) is 4.79 Å². The summed E-state index contributed by atoms with van der Waals surface area (Å²) in [4.78, 5) is 29.6. The van der Waals surface area contributed by atoms with Crippen molar-refractivity contribution in [2.45, 2.75) is 31.7 Å². The molecule has 1 fully saturated rings. The normalized spacial score (nSPS) is 16.0. The van der Waals surface area contributed by atoms with Crippen LogP contribution in [0.2, 0.25) is 0 Å². The van der Waals surface area contributed by atoms with Crippen molar-refractivity contribution in [1.82, 2.24) is 15.2 Å². The SMILES string of the molecule is COC(=O)N[C@@H](Cc1c[nH]c2ccccc12)C(=O)N1CCCCC1. The first-order chi connectivity index (χ1) is 11.7. The van der Waals surface area contributed by atoms with Gasteiger partial charge in [-0.15, -0.1) is 0 Å². The third kappa shape index (κ3) is 3.53. The average Bonchev–Trinajstić information content (AvgIpc) is 3.04. The number of fused-ring (bicyclic) bond motifs is 1. The highest BCUT2D eigenvalue weighted by molar-refractivity contribution is 5.88. The van der Waals surface area contributed by atoms with E-state index in [0.29, 0.717) is 6.42 Å². The van der Waals surface area contributed by atoms with Crippen molar-refractivity contribution in [3.05, 3.63) is 36.0 Å². The second-order valence-corrected chi connectivity index (χ2v) is 6.14. The van der Waals surface area contributed by atoms with Crippen molar-refractivity contribution >= 4 is 22.9 Å². The molecule has 1 atom stereocenters. The molecule has 6 nitrogen and oxygen atoms in total. The Morgan fingerprint density at radius 1 is 1.25 bits per heavy atom. The van der Waals surface area contributed by atoms with Gasteiger partial charge in [0, 0.05) is 36.6 Å². The number of aromatic amines is 1. The van der Waals surface area contributed by atoms with Gasteiger partial charge in [-0.25, -0.2) is 4.79 Å². The van der Waals surface area contributed by atoms with Crippen molar-refractivity contribution in [3.63, 3.8) is 0 Å². The van der Waals surface area contributed by atoms with Crippen LogP contribution in [-0.2, 0) is 16.0 Å². The molecule has 1 aromatic carbocycles. The second kappa shape index (κ2) is 7.38. The van der Waals surface area contributed by atoms with Crippen LogP contribution in [0.3, 0.4) is 0 Å². The van der Waals surface area contributed by atoms with E-state index in [1.165, 1.54) is 7.11 Å². The minimum Gasteiger partial charge on any atom is -0.453 e. The summed E-state index contributed by atoms with van der Waals surface area (Å²) >= 11 is 0. The summed E-state index contributed by atoms with van der Waals surface area (Å²) < 4.78 is 4.70. The van der Waals surface area contributed by atoms with Gasteiger partial charge in [0.1, 0.15) is 6.04 Å². The molecular formula is C18H23N3O3. The fraction of sp³-hybridized carbons (Fsp3) is 0.444. The molecule has 1 aromatic heterocycles. The smallest absolute Gasteiger partial charge is 0.407 e. The van der Waals surface area contributed by atoms with Gasteiger partial charge in [-0.1, -0.05) is 18.2 Å². The number of nitrogens with one attached hydrogen (secondary N) is 2. The number of likely N-dealkylation sites (tertiary alicyclic amines) is 1. The molecule has 2 N–H and O–H groups in total. The van der Waals surface area contributed by atoms with Crippen molar-refractivity contribution in [2.75, 3.05) is 20.2 Å². The zero-order valence-electron chi connectivity index (χ0n) is 13.9. The third-order valence-corrected chi connectivity index (χ3v) is 4.54. The van der Waals surface area contributed by atoms with Crippen LogP contribution in [-0.4, -0.2) is 48.1 Å². The Balaban J connectivity index is 1.81. The van der Waals surface area contributed by atoms with Gasteiger partial charge in [0.05, 0.1) is 7.11 Å². The molecule has 2 aromatic rings. The number of carbonyl (C=O) groups excluding carboxylic acids is 2. The largest absolute Gasteiger partial charge is 0.453 e. The van der Waals surface area contributed by atoms with Crippen molar-refractivity contribution in [2.24, 2.45) is 0 Å². The number of ether oxygens (including phenoxy) is 1. The number of carbonyl (C=O) groups is 2. The standard InChI is InChI=1S/C18H23N3O3/c1-24-18(23)20-16(17(22)21-9-5-2-6-10-21)11-13-12-19-15-8-4-3-7-14(13)15/h3-4,7-8,12,16,19H,2,5-6,9-11H2,1H3,(H,20,23)/t16-/m0/s1. The highest BCUT2D eigenvalue weighted by atomic mass is 16.5. The lowest BCUT2D eigenvalue weighted by molar-refractivity contribution is -0.134. The Labute approximate surface area is 141 Å². The number of para-hydroxylation sites is 1. The maximum Gasteiger partial charge on any atom is 0.407 e. The van der Waals surface area contributed by atoms with Crippen LogP contribution in [0.15, 0.2) is 30.5 Å². The van der Waals surface area contributed by atoms with E-state index in [1.807, 2.05) is 35.4 Å². The molecule has 24 heavy (non-hydrogen) atoms. The Kier molecular flexibility index (Phi) is 5.03. The quantitative estimate of drug-likeness (QED) is 0.905. The summed E-state index contributed by atoms with van der Waals surface area (Å²) in [7, 11) is 1.31. The molecule has 2 amide bonds. The van der Waals surface area contributed by atoms with Crippen LogP contribution in [0.5, 0.6) is 0 Å². The Hall–Kier alpha value is -2.50. The van der Waals surface area contributed by atoms with Crippen molar-refractivity contribution < 1.29 is 14.3 Å². The van der Waals surface area contributed by atoms with Crippen molar-refractivity contribution in [1.29, 1.82) is 0 Å². The summed E-state index contributed by atoms with van der Waals surface area (Å²) in [6.07, 6.45) is 4.95. The molecule has 0 spiro atoms. The first-order valence-corrected chi connectivity index (χ1v) is 8.37. The third-order valence-electron chi connectivity index (χ3n) is 4.54. The molecule has 0 saturated carbocycles. The van der Waals surface area contributed by atoms with Crippen LogP contribution in [0.25, 0.3) is 10.9 Å². The number of amides is 2. The fourth-order valence-electron chi connectivity index (χ4n) is 3.26. The van der Waals surface area contributed by atoms with E-state index in [0.717, 1.165) is 48.8 Å². The van der Waals surface area contributed by atoms with Gasteiger partial charge in [0.25, 0.3) is 0 Å². The number of rotatable bonds is 4. The van der Waals surface area contributed by atoms with E-state index in [2.05, 4.69) is 10.3 Å². The number of H-pyrrole nitrogens is 1. The Morgan fingerprint density at radius 3 is 2.75 bits per heavy atom. The number of hydrogen-bond acceptors (Lipinski definition) is 3. The molecule has 1 aliphatic heterocycles. The monoisotopic (exact) mass is 329 g/mol. The molecule has 0 radical (unpaired) electrons. The van der Waals surface area contributed by atoms with Crippen LogP contribution in [0, 0.1) is 0 Å². The molecule has 1 saturated heterocycles. The molecule has 0 bridgehead atoms. The molecule has 0 aliphatic carbocycles. The summed E-state index contributed by atoms with van der Waals surface area (Å²) in [6.45, 7) is 1.51. The van der Waals surface area contributed by atoms with Gasteiger partial charge < -0.3 is 19.9 Å². The maximum atomic E-state index is 12.9. The number of methoxy groups -OCH3 is 1. The lowest BCUT2D eigenvalue weighted by atomic mass is 10.0. The topological polar surface area (TPSA) is 74.4 Å². The molecule has 0 unspecified atom stereocenters. The first kappa shape index (κ1) is 16.4. The predicted molar refractivity (Wildman–Crippen MR) is 91.8 cm³/mol. The number of hydrogen-bond donors (Lipinski definition) is 2. The van der Waals surface area contributed by atoms with Gasteiger partial charge in [-0.05, 0) is 30.9 Å². The Bertz CT molecular complexity index is 719. The second-order valence-electron chi connectivity index (χ2n) is 6.14. The molecule has 2 heterocycles. The van der Waals surface area contributed by atoms with Gasteiger partial charge >= 0.3 is 6.09 Å². The highest BCUT2D eigenvalue weighted by Gasteiger charge is 2.28. The zero-order valence-corrected chi connectivity index (χ0v) is 13.9. The average molecular weight is 329 g/mol. The van der Waals surface area contributed by atoms with E-state index in [9.17, 15) is 9.59 Å². The number of nitrogens with zero attached hydrogens (tertiary/aromatic N) is 1. The van der Waals surface area contributed by atoms with Crippen molar-refractivity contribution in [3.8, 4) is 0 Å². The minimum absolute atomic E-state index is 0.0367. The predicted octanol–water partition coefficient (Wildman–Crippen LogP) is 2.45. The number of piperidine rings is 1. The van der Waals surface area contributed by atoms with E-state index < -0.39 is 12.1 Å². The lowest BCUT2D eigenvalue weighted by Crippen LogP contribution is -2.51. The highest BCUT2D eigenvalue weighted by Crippen LogP contribution is 2.20. The number of alkyl carbamates (subject to hydrolysis) is 1. The van der Waals surface area contributed by atoms with Gasteiger partial charge in [0.2, 0.25) is 5.91 Å². The van der Waals surface area contributed by atoms with Gasteiger partial charge in [0.15, 0.2) is 0 Å². The summed E-state index contributed by atoms with van der Waals surface area (Å²) in [6, 6.07) is 7.32. The molecule has 3 rings (SSSR count). The van der Waals surface area contributed by atoms with Crippen LogP contribution < -0.4 is 5.32 Å². The fourth-order valence-corrected chi connectivity index (χ4v) is 3.26. The van der Waals surface area contributed by atoms with Gasteiger partial charge in [-0.2, -0.15) is 0 Å². The van der Waals surface area contributed by atoms with Crippen LogP contribution >= 0.6 is 0 Å². The summed E-state index contributed by atoms with van der Waals surface area (Å²) in [5.41, 5.74) is 2.03. The van der Waals surface area contributed by atoms with Crippen LogP contribution in [0.4, 0.5) is 4.79 Å². The maximum absolute atomic E-state index is 12.9. The van der Waals surface area contributed by atoms with E-state index >= 15 is 0 Å². The zero-order chi connectivity index (χ0) is 16.9. The number of aromatic nitrogens is 1. The van der Waals surface area contributed by atoms with Crippen LogP contribution in [0.1, 0.15) is 24.8 Å². The van der Waals surface area contributed by atoms with E-state index in [4.69, 9.17) is 4.74 Å². The summed E-state index contributed by atoms with van der Waals surface area (Å²) in [5.74, 6) is -0.0367. The van der Waals surface area contributed by atoms with E-state index in [1.54, 1.807) is 0 Å². The minimum atomic E-state index is -0.616. The lowest BCUT2D eigenvalue weighted by Gasteiger charge is -2.30. The molecule has 1 aliphatic rings. The molecule has 128 valence electrons. The Morgan fingerprint density at radius 2 is 2.00 bits per heavy atom. The molecular weight excluding hydrogens is 306 g/mol. The number of benzene rings is 1. The summed E-state index contributed by atoms with van der Waals surface area (Å²) in [5, 5.41) is 3.77.